The molecular weight excluding hydrogens is 338 g/mol. The van der Waals surface area contributed by atoms with Crippen molar-refractivity contribution in [2.45, 2.75) is 89.4 Å². The Morgan fingerprint density at radius 3 is 2.52 bits per heavy atom. The van der Waals surface area contributed by atoms with Gasteiger partial charge in [-0.2, -0.15) is 5.06 Å². The number of hydroxylamine groups is 2. The molecule has 3 fully saturated rings. The quantitative estimate of drug-likeness (QED) is 0.685. The van der Waals surface area contributed by atoms with Crippen molar-refractivity contribution in [3.8, 4) is 0 Å². The SMILES string of the molecule is CC(ON1C(=O)OC(Cc2ccccc2)C2CCCCC21)C1CCCCC1. The third kappa shape index (κ3) is 4.31. The van der Waals surface area contributed by atoms with E-state index in [9.17, 15) is 4.79 Å². The molecule has 4 rings (SSSR count). The molecule has 27 heavy (non-hydrogen) atoms. The molecule has 1 aromatic carbocycles. The van der Waals surface area contributed by atoms with Crippen molar-refractivity contribution in [1.29, 1.82) is 0 Å². The number of ether oxygens (including phenoxy) is 1. The topological polar surface area (TPSA) is 38.8 Å². The largest absolute Gasteiger partial charge is 0.444 e. The molecule has 4 nitrogen and oxygen atoms in total. The molecule has 1 saturated heterocycles. The van der Waals surface area contributed by atoms with Crippen LogP contribution in [0.4, 0.5) is 4.79 Å². The standard InChI is InChI=1S/C23H33NO3/c1-17(19-12-6-3-7-13-19)27-24-21-15-9-8-14-20(21)22(26-23(24)25)16-18-10-4-2-5-11-18/h2,4-5,10-11,17,19-22H,3,6-9,12-16H2,1H3. The molecule has 0 bridgehead atoms. The lowest BCUT2D eigenvalue weighted by Crippen LogP contribution is -2.57. The fraction of sp³-hybridized carbons (Fsp3) is 0.696. The summed E-state index contributed by atoms with van der Waals surface area (Å²) in [5.41, 5.74) is 1.24. The Labute approximate surface area is 163 Å². The van der Waals surface area contributed by atoms with Crippen molar-refractivity contribution in [2.24, 2.45) is 11.8 Å². The highest BCUT2D eigenvalue weighted by molar-refractivity contribution is 5.68. The molecule has 2 aliphatic carbocycles. The highest BCUT2D eigenvalue weighted by Gasteiger charge is 2.46. The smallest absolute Gasteiger partial charge is 0.434 e. The maximum absolute atomic E-state index is 12.8. The summed E-state index contributed by atoms with van der Waals surface area (Å²) >= 11 is 0. The van der Waals surface area contributed by atoms with Crippen LogP contribution in [0.25, 0.3) is 0 Å². The van der Waals surface area contributed by atoms with Crippen LogP contribution < -0.4 is 0 Å². The number of carbonyl (C=O) groups is 1. The van der Waals surface area contributed by atoms with Crippen molar-refractivity contribution in [3.63, 3.8) is 0 Å². The third-order valence-electron chi connectivity index (χ3n) is 6.87. The molecule has 0 N–H and O–H groups in total. The molecule has 4 unspecified atom stereocenters. The van der Waals surface area contributed by atoms with Gasteiger partial charge in [0.15, 0.2) is 0 Å². The molecule has 0 aromatic heterocycles. The zero-order valence-corrected chi connectivity index (χ0v) is 16.5. The molecule has 0 radical (unpaired) electrons. The molecule has 0 spiro atoms. The summed E-state index contributed by atoms with van der Waals surface area (Å²) in [5, 5.41) is 1.63. The Hall–Kier alpha value is -1.55. The lowest BCUT2D eigenvalue weighted by Gasteiger charge is -2.47. The second kappa shape index (κ2) is 8.64. The average molecular weight is 372 g/mol. The van der Waals surface area contributed by atoms with E-state index in [1.165, 1.54) is 50.5 Å². The molecule has 1 amide bonds. The summed E-state index contributed by atoms with van der Waals surface area (Å²) in [6, 6.07) is 10.6. The Morgan fingerprint density at radius 2 is 1.74 bits per heavy atom. The lowest BCUT2D eigenvalue weighted by atomic mass is 9.78. The van der Waals surface area contributed by atoms with Crippen LogP contribution in [-0.4, -0.2) is 29.4 Å². The van der Waals surface area contributed by atoms with Gasteiger partial charge in [0.05, 0.1) is 12.1 Å². The maximum atomic E-state index is 12.8. The normalized spacial score (nSPS) is 30.5. The van der Waals surface area contributed by atoms with Crippen LogP contribution >= 0.6 is 0 Å². The van der Waals surface area contributed by atoms with E-state index in [2.05, 4.69) is 31.2 Å². The van der Waals surface area contributed by atoms with E-state index in [0.717, 1.165) is 19.3 Å². The van der Waals surface area contributed by atoms with Gasteiger partial charge in [0.25, 0.3) is 0 Å². The number of amides is 1. The number of carbonyl (C=O) groups excluding carboxylic acids is 1. The fourth-order valence-electron chi connectivity index (χ4n) is 5.30. The summed E-state index contributed by atoms with van der Waals surface area (Å²) in [6.45, 7) is 2.14. The van der Waals surface area contributed by atoms with Crippen LogP contribution in [0.3, 0.4) is 0 Å². The van der Waals surface area contributed by atoms with Gasteiger partial charge >= 0.3 is 6.09 Å². The van der Waals surface area contributed by atoms with Crippen LogP contribution in [0.1, 0.15) is 70.3 Å². The molecule has 1 aliphatic heterocycles. The van der Waals surface area contributed by atoms with Crippen LogP contribution in [0.2, 0.25) is 0 Å². The van der Waals surface area contributed by atoms with Crippen molar-refractivity contribution in [2.75, 3.05) is 0 Å². The number of rotatable bonds is 5. The monoisotopic (exact) mass is 371 g/mol. The highest BCUT2D eigenvalue weighted by Crippen LogP contribution is 2.39. The van der Waals surface area contributed by atoms with E-state index >= 15 is 0 Å². The van der Waals surface area contributed by atoms with E-state index in [0.29, 0.717) is 11.8 Å². The molecule has 2 saturated carbocycles. The molecule has 148 valence electrons. The molecule has 4 atom stereocenters. The van der Waals surface area contributed by atoms with Crippen molar-refractivity contribution >= 4 is 6.09 Å². The average Bonchev–Trinajstić information content (AvgIpc) is 2.72. The van der Waals surface area contributed by atoms with Crippen molar-refractivity contribution < 1.29 is 14.4 Å². The van der Waals surface area contributed by atoms with Gasteiger partial charge in [-0.25, -0.2) is 4.79 Å². The van der Waals surface area contributed by atoms with Crippen LogP contribution in [-0.2, 0) is 16.0 Å². The Bertz CT molecular complexity index is 613. The van der Waals surface area contributed by atoms with Gasteiger partial charge in [0, 0.05) is 12.3 Å². The van der Waals surface area contributed by atoms with Crippen LogP contribution in [0, 0.1) is 11.8 Å². The van der Waals surface area contributed by atoms with Gasteiger partial charge in [-0.3, -0.25) is 4.84 Å². The lowest BCUT2D eigenvalue weighted by molar-refractivity contribution is -0.247. The molecule has 1 heterocycles. The maximum Gasteiger partial charge on any atom is 0.434 e. The van der Waals surface area contributed by atoms with Crippen molar-refractivity contribution in [1.82, 2.24) is 5.06 Å². The van der Waals surface area contributed by atoms with Gasteiger partial charge in [0.2, 0.25) is 0 Å². The van der Waals surface area contributed by atoms with Crippen LogP contribution in [0.5, 0.6) is 0 Å². The number of benzene rings is 1. The first kappa shape index (κ1) is 18.8. The van der Waals surface area contributed by atoms with E-state index in [1.54, 1.807) is 5.06 Å². The Balaban J connectivity index is 1.45. The zero-order chi connectivity index (χ0) is 18.6. The Morgan fingerprint density at radius 1 is 1.04 bits per heavy atom. The number of hydrogen-bond donors (Lipinski definition) is 0. The molecule has 4 heteroatoms. The first-order valence-electron chi connectivity index (χ1n) is 10.9. The zero-order valence-electron chi connectivity index (χ0n) is 16.5. The van der Waals surface area contributed by atoms with Gasteiger partial charge in [-0.1, -0.05) is 62.4 Å². The predicted octanol–water partition coefficient (Wildman–Crippen LogP) is 5.51. The summed E-state index contributed by atoms with van der Waals surface area (Å²) in [4.78, 5) is 19.1. The molecule has 3 aliphatic rings. The Kier molecular flexibility index (Phi) is 6.01. The summed E-state index contributed by atoms with van der Waals surface area (Å²) in [5.74, 6) is 0.936. The first-order chi connectivity index (χ1) is 13.2. The predicted molar refractivity (Wildman–Crippen MR) is 105 cm³/mol. The number of hydrogen-bond acceptors (Lipinski definition) is 3. The number of cyclic esters (lactones) is 1. The fourth-order valence-corrected chi connectivity index (χ4v) is 5.30. The molecular formula is C23H33NO3. The van der Waals surface area contributed by atoms with Gasteiger partial charge in [-0.05, 0) is 44.1 Å². The minimum atomic E-state index is -0.276. The number of nitrogens with zero attached hydrogens (tertiary/aromatic N) is 1. The highest BCUT2D eigenvalue weighted by atomic mass is 16.7. The van der Waals surface area contributed by atoms with E-state index in [-0.39, 0.29) is 24.3 Å². The summed E-state index contributed by atoms with van der Waals surface area (Å²) in [6.07, 6.45) is 11.5. The first-order valence-corrected chi connectivity index (χ1v) is 10.9. The summed E-state index contributed by atoms with van der Waals surface area (Å²) in [7, 11) is 0. The summed E-state index contributed by atoms with van der Waals surface area (Å²) < 4.78 is 5.92. The molecule has 1 aromatic rings. The van der Waals surface area contributed by atoms with Gasteiger partial charge < -0.3 is 4.74 Å². The van der Waals surface area contributed by atoms with E-state index < -0.39 is 0 Å². The van der Waals surface area contributed by atoms with Crippen LogP contribution in [0.15, 0.2) is 30.3 Å². The number of fused-ring (bicyclic) bond motifs is 1. The van der Waals surface area contributed by atoms with E-state index in [1.807, 2.05) is 6.07 Å². The van der Waals surface area contributed by atoms with Crippen molar-refractivity contribution in [3.05, 3.63) is 35.9 Å². The van der Waals surface area contributed by atoms with Gasteiger partial charge in [0.1, 0.15) is 6.10 Å². The second-order valence-corrected chi connectivity index (χ2v) is 8.66. The van der Waals surface area contributed by atoms with Gasteiger partial charge in [-0.15, -0.1) is 0 Å². The minimum Gasteiger partial charge on any atom is -0.444 e. The van der Waals surface area contributed by atoms with E-state index in [4.69, 9.17) is 9.57 Å². The second-order valence-electron chi connectivity index (χ2n) is 8.66. The third-order valence-corrected chi connectivity index (χ3v) is 6.87. The minimum absolute atomic E-state index is 0.0324.